The lowest BCUT2D eigenvalue weighted by Gasteiger charge is -2.42. The zero-order valence-electron chi connectivity index (χ0n) is 11.5. The van der Waals surface area contributed by atoms with Gasteiger partial charge in [0.05, 0.1) is 0 Å². The Morgan fingerprint density at radius 3 is 2.61 bits per heavy atom. The molecule has 2 rings (SSSR count). The molecule has 1 aromatic heterocycles. The summed E-state index contributed by atoms with van der Waals surface area (Å²) in [7, 11) is 2.09. The van der Waals surface area contributed by atoms with E-state index in [-0.39, 0.29) is 5.54 Å². The molecule has 0 aliphatic carbocycles. The molecule has 0 aromatic carbocycles. The van der Waals surface area contributed by atoms with E-state index >= 15 is 0 Å². The van der Waals surface area contributed by atoms with Crippen molar-refractivity contribution in [2.75, 3.05) is 20.1 Å². The van der Waals surface area contributed by atoms with Gasteiger partial charge in [-0.05, 0) is 80.6 Å². The van der Waals surface area contributed by atoms with E-state index in [1.807, 2.05) is 11.3 Å². The normalized spacial score (nSPS) is 19.3. The number of rotatable bonds is 5. The highest BCUT2D eigenvalue weighted by atomic mass is 79.9. The lowest BCUT2D eigenvalue weighted by atomic mass is 9.89. The zero-order valence-corrected chi connectivity index (χ0v) is 13.9. The van der Waals surface area contributed by atoms with E-state index in [0.717, 1.165) is 6.42 Å². The van der Waals surface area contributed by atoms with Crippen LogP contribution in [0.25, 0.3) is 0 Å². The average molecular weight is 331 g/mol. The number of nitrogens with zero attached hydrogens (tertiary/aromatic N) is 1. The van der Waals surface area contributed by atoms with Crippen molar-refractivity contribution >= 4 is 27.3 Å². The highest BCUT2D eigenvalue weighted by molar-refractivity contribution is 9.10. The lowest BCUT2D eigenvalue weighted by molar-refractivity contribution is 0.110. The third kappa shape index (κ3) is 2.98. The highest BCUT2D eigenvalue weighted by Gasteiger charge is 2.36. The summed E-state index contributed by atoms with van der Waals surface area (Å²) in [6.07, 6.45) is 3.80. The summed E-state index contributed by atoms with van der Waals surface area (Å²) in [5, 5.41) is 5.69. The average Bonchev–Trinajstić information content (AvgIpc) is 2.97. The van der Waals surface area contributed by atoms with Crippen molar-refractivity contribution in [3.63, 3.8) is 0 Å². The molecule has 1 saturated heterocycles. The zero-order chi connectivity index (χ0) is 13.2. The van der Waals surface area contributed by atoms with Gasteiger partial charge >= 0.3 is 0 Å². The molecular formula is C14H23BrN2S. The minimum atomic E-state index is 0.217. The maximum absolute atomic E-state index is 3.64. The Balaban J connectivity index is 2.09. The first-order valence-corrected chi connectivity index (χ1v) is 8.37. The van der Waals surface area contributed by atoms with E-state index in [1.165, 1.54) is 35.3 Å². The highest BCUT2D eigenvalue weighted by Crippen LogP contribution is 2.30. The van der Waals surface area contributed by atoms with Crippen LogP contribution in [0.5, 0.6) is 0 Å². The monoisotopic (exact) mass is 330 g/mol. The molecule has 102 valence electrons. The smallest absolute Gasteiger partial charge is 0.0314 e. The standard InChI is InChI=1S/C14H23BrN2S/c1-14(2,17-7-4-5-8-17)13(16-3)10-12-11(15)6-9-18-12/h6,9,13,16H,4-5,7-8,10H2,1-3H3. The number of likely N-dealkylation sites (tertiary alicyclic amines) is 1. The van der Waals surface area contributed by atoms with E-state index in [0.29, 0.717) is 6.04 Å². The van der Waals surface area contributed by atoms with Crippen molar-refractivity contribution in [1.29, 1.82) is 0 Å². The van der Waals surface area contributed by atoms with Crippen LogP contribution in [0.2, 0.25) is 0 Å². The second-order valence-electron chi connectivity index (χ2n) is 5.58. The SMILES string of the molecule is CNC(Cc1sccc1Br)C(C)(C)N1CCCC1. The van der Waals surface area contributed by atoms with E-state index in [9.17, 15) is 0 Å². The van der Waals surface area contributed by atoms with Crippen LogP contribution in [0, 0.1) is 0 Å². The summed E-state index contributed by atoms with van der Waals surface area (Å²) >= 11 is 5.49. The third-order valence-corrected chi connectivity index (χ3v) is 6.15. The second-order valence-corrected chi connectivity index (χ2v) is 7.44. The molecule has 0 spiro atoms. The van der Waals surface area contributed by atoms with Crippen LogP contribution in [-0.2, 0) is 6.42 Å². The first-order chi connectivity index (χ1) is 8.55. The van der Waals surface area contributed by atoms with E-state index in [2.05, 4.69) is 58.5 Å². The van der Waals surface area contributed by atoms with Gasteiger partial charge in [-0.2, -0.15) is 0 Å². The number of likely N-dealkylation sites (N-methyl/N-ethyl adjacent to an activating group) is 1. The van der Waals surface area contributed by atoms with Gasteiger partial charge in [-0.25, -0.2) is 0 Å². The van der Waals surface area contributed by atoms with Crippen molar-refractivity contribution in [2.45, 2.75) is 44.7 Å². The molecule has 1 aromatic rings. The minimum absolute atomic E-state index is 0.217. The molecule has 0 radical (unpaired) electrons. The molecule has 2 heterocycles. The fraction of sp³-hybridized carbons (Fsp3) is 0.714. The van der Waals surface area contributed by atoms with Gasteiger partial charge in [-0.1, -0.05) is 0 Å². The lowest BCUT2D eigenvalue weighted by Crippen LogP contribution is -2.56. The Bertz CT molecular complexity index is 383. The van der Waals surface area contributed by atoms with Gasteiger partial charge in [-0.3, -0.25) is 4.90 Å². The van der Waals surface area contributed by atoms with E-state index in [4.69, 9.17) is 0 Å². The molecule has 18 heavy (non-hydrogen) atoms. The number of hydrogen-bond donors (Lipinski definition) is 1. The fourth-order valence-corrected chi connectivity index (χ4v) is 4.44. The number of thiophene rings is 1. The molecule has 1 aliphatic rings. The molecule has 1 aliphatic heterocycles. The van der Waals surface area contributed by atoms with Crippen LogP contribution < -0.4 is 5.32 Å². The van der Waals surface area contributed by atoms with Crippen molar-refractivity contribution < 1.29 is 0 Å². The summed E-state index contributed by atoms with van der Waals surface area (Å²) in [5.41, 5.74) is 0.217. The van der Waals surface area contributed by atoms with Gasteiger partial charge in [0, 0.05) is 20.9 Å². The van der Waals surface area contributed by atoms with E-state index in [1.54, 1.807) is 0 Å². The van der Waals surface area contributed by atoms with Crippen LogP contribution in [-0.4, -0.2) is 36.6 Å². The fourth-order valence-electron chi connectivity index (χ4n) is 2.88. The number of hydrogen-bond acceptors (Lipinski definition) is 3. The Morgan fingerprint density at radius 2 is 2.11 bits per heavy atom. The Kier molecular flexibility index (Phi) is 4.86. The number of nitrogens with one attached hydrogen (secondary N) is 1. The van der Waals surface area contributed by atoms with Gasteiger partial charge in [0.15, 0.2) is 0 Å². The van der Waals surface area contributed by atoms with Crippen LogP contribution in [0.3, 0.4) is 0 Å². The number of halogens is 1. The quantitative estimate of drug-likeness (QED) is 0.888. The molecule has 4 heteroatoms. The summed E-state index contributed by atoms with van der Waals surface area (Å²) < 4.78 is 1.25. The van der Waals surface area contributed by atoms with Crippen molar-refractivity contribution in [3.8, 4) is 0 Å². The third-order valence-electron chi connectivity index (χ3n) is 4.20. The summed E-state index contributed by atoms with van der Waals surface area (Å²) in [4.78, 5) is 4.08. The maximum Gasteiger partial charge on any atom is 0.0314 e. The molecule has 1 fully saturated rings. The Morgan fingerprint density at radius 1 is 1.44 bits per heavy atom. The van der Waals surface area contributed by atoms with Gasteiger partial charge in [-0.15, -0.1) is 11.3 Å². The summed E-state index contributed by atoms with van der Waals surface area (Å²) in [6.45, 7) is 7.25. The molecule has 2 nitrogen and oxygen atoms in total. The molecule has 0 amide bonds. The predicted molar refractivity (Wildman–Crippen MR) is 83.5 cm³/mol. The summed E-state index contributed by atoms with van der Waals surface area (Å²) in [5.74, 6) is 0. The predicted octanol–water partition coefficient (Wildman–Crippen LogP) is 3.52. The van der Waals surface area contributed by atoms with Gasteiger partial charge < -0.3 is 5.32 Å². The minimum Gasteiger partial charge on any atom is -0.315 e. The van der Waals surface area contributed by atoms with E-state index < -0.39 is 0 Å². The molecular weight excluding hydrogens is 308 g/mol. The van der Waals surface area contributed by atoms with Gasteiger partial charge in [0.2, 0.25) is 0 Å². The Hall–Kier alpha value is 0.1000. The molecule has 1 atom stereocenters. The topological polar surface area (TPSA) is 15.3 Å². The largest absolute Gasteiger partial charge is 0.315 e. The first kappa shape index (κ1) is 14.5. The van der Waals surface area contributed by atoms with Crippen LogP contribution in [0.4, 0.5) is 0 Å². The van der Waals surface area contributed by atoms with Crippen molar-refractivity contribution in [3.05, 3.63) is 20.8 Å². The van der Waals surface area contributed by atoms with Gasteiger partial charge in [0.25, 0.3) is 0 Å². The summed E-state index contributed by atoms with van der Waals surface area (Å²) in [6, 6.07) is 2.64. The molecule has 0 bridgehead atoms. The van der Waals surface area contributed by atoms with Crippen LogP contribution in [0.15, 0.2) is 15.9 Å². The van der Waals surface area contributed by atoms with Crippen LogP contribution in [0.1, 0.15) is 31.6 Å². The maximum atomic E-state index is 3.64. The molecule has 1 N–H and O–H groups in total. The van der Waals surface area contributed by atoms with Crippen molar-refractivity contribution in [1.82, 2.24) is 10.2 Å². The van der Waals surface area contributed by atoms with Crippen LogP contribution >= 0.6 is 27.3 Å². The first-order valence-electron chi connectivity index (χ1n) is 6.70. The van der Waals surface area contributed by atoms with Crippen molar-refractivity contribution in [2.24, 2.45) is 0 Å². The van der Waals surface area contributed by atoms with Gasteiger partial charge in [0.1, 0.15) is 0 Å². The second kappa shape index (κ2) is 6.04. The molecule has 0 saturated carbocycles. The Labute approximate surface area is 123 Å². The molecule has 1 unspecified atom stereocenters.